The Hall–Kier alpha value is -0.690. The number of sulfonamides is 1. The highest BCUT2D eigenvalue weighted by Crippen LogP contribution is 2.31. The van der Waals surface area contributed by atoms with Crippen molar-refractivity contribution in [1.82, 2.24) is 4.31 Å². The summed E-state index contributed by atoms with van der Waals surface area (Å²) >= 11 is 11.0. The Labute approximate surface area is 136 Å². The number of hydrogen-bond acceptors (Lipinski definition) is 3. The summed E-state index contributed by atoms with van der Waals surface area (Å²) in [5.41, 5.74) is 6.10. The zero-order chi connectivity index (χ0) is 15.8. The van der Waals surface area contributed by atoms with Crippen molar-refractivity contribution >= 4 is 38.8 Å². The van der Waals surface area contributed by atoms with Crippen LogP contribution in [0.2, 0.25) is 5.02 Å². The Balaban J connectivity index is 2.41. The second-order valence-corrected chi connectivity index (χ2v) is 8.32. The lowest BCUT2D eigenvalue weighted by Gasteiger charge is -2.35. The van der Waals surface area contributed by atoms with E-state index in [9.17, 15) is 8.42 Å². The maximum Gasteiger partial charge on any atom is 0.244 e. The molecule has 2 unspecified atom stereocenters. The minimum atomic E-state index is -3.60. The molecule has 2 rings (SSSR count). The summed E-state index contributed by atoms with van der Waals surface area (Å²) in [6, 6.07) is 4.57. The molecule has 1 aliphatic heterocycles. The van der Waals surface area contributed by atoms with E-state index < -0.39 is 10.0 Å². The molecule has 1 heterocycles. The van der Waals surface area contributed by atoms with Crippen LogP contribution in [0.3, 0.4) is 0 Å². The van der Waals surface area contributed by atoms with E-state index in [1.165, 1.54) is 12.1 Å². The quantitative estimate of drug-likeness (QED) is 0.855. The second kappa shape index (κ2) is 6.20. The lowest BCUT2D eigenvalue weighted by atomic mass is 9.97. The van der Waals surface area contributed by atoms with Crippen LogP contribution in [0, 0.1) is 5.92 Å². The van der Waals surface area contributed by atoms with E-state index in [1.54, 1.807) is 10.4 Å². The van der Waals surface area contributed by atoms with Crippen molar-refractivity contribution in [2.24, 2.45) is 11.7 Å². The Kier molecular flexibility index (Phi) is 4.92. The van der Waals surface area contributed by atoms with Crippen LogP contribution in [-0.2, 0) is 10.0 Å². The number of benzene rings is 1. The summed E-state index contributed by atoms with van der Waals surface area (Å²) in [6.07, 6.45) is 1.91. The lowest BCUT2D eigenvalue weighted by molar-refractivity contribution is 0.218. The highest BCUT2D eigenvalue weighted by Gasteiger charge is 2.34. The Morgan fingerprint density at radius 1 is 1.38 bits per heavy atom. The molecule has 1 aliphatic rings. The second-order valence-electron chi connectivity index (χ2n) is 5.62. The van der Waals surface area contributed by atoms with Crippen LogP contribution >= 0.6 is 23.8 Å². The van der Waals surface area contributed by atoms with Gasteiger partial charge in [0.05, 0.1) is 5.02 Å². The molecule has 4 nitrogen and oxygen atoms in total. The van der Waals surface area contributed by atoms with Gasteiger partial charge in [0.1, 0.15) is 9.88 Å². The molecular weight excluding hydrogens is 328 g/mol. The van der Waals surface area contributed by atoms with E-state index in [0.29, 0.717) is 18.0 Å². The van der Waals surface area contributed by atoms with Crippen LogP contribution in [0.1, 0.15) is 32.3 Å². The zero-order valence-electron chi connectivity index (χ0n) is 12.0. The van der Waals surface area contributed by atoms with Gasteiger partial charge in [-0.05, 0) is 37.8 Å². The van der Waals surface area contributed by atoms with Crippen molar-refractivity contribution in [2.45, 2.75) is 37.6 Å². The third-order valence-electron chi connectivity index (χ3n) is 3.86. The van der Waals surface area contributed by atoms with Gasteiger partial charge < -0.3 is 5.73 Å². The highest BCUT2D eigenvalue weighted by molar-refractivity contribution is 7.89. The van der Waals surface area contributed by atoms with Gasteiger partial charge in [-0.25, -0.2) is 8.42 Å². The molecular formula is C14H19ClN2O2S2. The van der Waals surface area contributed by atoms with Gasteiger partial charge in [-0.3, -0.25) is 0 Å². The van der Waals surface area contributed by atoms with Crippen LogP contribution < -0.4 is 5.73 Å². The average molecular weight is 347 g/mol. The van der Waals surface area contributed by atoms with E-state index in [1.807, 2.05) is 6.92 Å². The molecule has 0 radical (unpaired) electrons. The molecule has 1 saturated heterocycles. The molecule has 0 amide bonds. The Bertz CT molecular complexity index is 661. The predicted octanol–water partition coefficient (Wildman–Crippen LogP) is 2.78. The monoisotopic (exact) mass is 346 g/mol. The van der Waals surface area contributed by atoms with Gasteiger partial charge in [0.2, 0.25) is 10.0 Å². The third-order valence-corrected chi connectivity index (χ3v) is 6.56. The average Bonchev–Trinajstić information content (AvgIpc) is 2.40. The minimum absolute atomic E-state index is 0.0162. The Morgan fingerprint density at radius 2 is 2.05 bits per heavy atom. The zero-order valence-corrected chi connectivity index (χ0v) is 14.4. The van der Waals surface area contributed by atoms with E-state index >= 15 is 0 Å². The molecule has 21 heavy (non-hydrogen) atoms. The topological polar surface area (TPSA) is 63.4 Å². The summed E-state index contributed by atoms with van der Waals surface area (Å²) in [5, 5.41) is 0.158. The number of hydrogen-bond donors (Lipinski definition) is 1. The molecule has 0 saturated carbocycles. The molecule has 0 aromatic heterocycles. The summed E-state index contributed by atoms with van der Waals surface area (Å²) in [7, 11) is -3.60. The fourth-order valence-corrected chi connectivity index (χ4v) is 5.00. The normalized spacial score (nSPS) is 24.0. The van der Waals surface area contributed by atoms with Crippen molar-refractivity contribution in [2.75, 3.05) is 6.54 Å². The van der Waals surface area contributed by atoms with Crippen molar-refractivity contribution in [3.8, 4) is 0 Å². The number of halogens is 1. The van der Waals surface area contributed by atoms with E-state index in [4.69, 9.17) is 29.6 Å². The molecule has 1 aromatic carbocycles. The summed E-state index contributed by atoms with van der Waals surface area (Å²) in [4.78, 5) is 0.311. The van der Waals surface area contributed by atoms with Gasteiger partial charge in [0, 0.05) is 18.2 Å². The first kappa shape index (κ1) is 16.7. The van der Waals surface area contributed by atoms with Crippen LogP contribution in [0.25, 0.3) is 0 Å². The smallest absolute Gasteiger partial charge is 0.244 e. The predicted molar refractivity (Wildman–Crippen MR) is 89.1 cm³/mol. The molecule has 2 atom stereocenters. The van der Waals surface area contributed by atoms with Gasteiger partial charge in [-0.1, -0.05) is 36.8 Å². The van der Waals surface area contributed by atoms with Crippen molar-refractivity contribution in [3.05, 3.63) is 28.8 Å². The van der Waals surface area contributed by atoms with E-state index in [-0.39, 0.29) is 20.9 Å². The van der Waals surface area contributed by atoms with Gasteiger partial charge in [0.15, 0.2) is 0 Å². The number of rotatable bonds is 3. The largest absolute Gasteiger partial charge is 0.389 e. The number of nitrogens with two attached hydrogens (primary N) is 1. The fraction of sp³-hybridized carbons (Fsp3) is 0.500. The number of thiocarbonyl (C=S) groups is 1. The molecule has 116 valence electrons. The third kappa shape index (κ3) is 3.39. The summed E-state index contributed by atoms with van der Waals surface area (Å²) < 4.78 is 27.2. The first-order valence-electron chi connectivity index (χ1n) is 6.84. The van der Waals surface area contributed by atoms with Gasteiger partial charge in [0.25, 0.3) is 0 Å². The lowest BCUT2D eigenvalue weighted by Crippen LogP contribution is -2.44. The molecule has 1 fully saturated rings. The highest BCUT2D eigenvalue weighted by atomic mass is 35.5. The summed E-state index contributed by atoms with van der Waals surface area (Å²) in [6.45, 7) is 4.52. The van der Waals surface area contributed by atoms with Gasteiger partial charge in [-0.15, -0.1) is 0 Å². The van der Waals surface area contributed by atoms with Crippen molar-refractivity contribution in [3.63, 3.8) is 0 Å². The van der Waals surface area contributed by atoms with E-state index in [0.717, 1.165) is 12.8 Å². The maximum atomic E-state index is 12.8. The number of nitrogens with zero attached hydrogens (tertiary/aromatic N) is 1. The fourth-order valence-electron chi connectivity index (χ4n) is 2.57. The van der Waals surface area contributed by atoms with Crippen LogP contribution in [0.5, 0.6) is 0 Å². The summed E-state index contributed by atoms with van der Waals surface area (Å²) in [5.74, 6) is 0.352. The SMILES string of the molecule is CC1CCC(C)N(S(=O)(=O)c2ccc(C(N)=S)cc2Cl)C1. The van der Waals surface area contributed by atoms with E-state index in [2.05, 4.69) is 6.92 Å². The number of piperidine rings is 1. The van der Waals surface area contributed by atoms with Gasteiger partial charge in [-0.2, -0.15) is 4.31 Å². The molecule has 7 heteroatoms. The van der Waals surface area contributed by atoms with Gasteiger partial charge >= 0.3 is 0 Å². The molecule has 0 bridgehead atoms. The first-order valence-corrected chi connectivity index (χ1v) is 9.07. The minimum Gasteiger partial charge on any atom is -0.389 e. The molecule has 1 aromatic rings. The van der Waals surface area contributed by atoms with Crippen molar-refractivity contribution < 1.29 is 8.42 Å². The van der Waals surface area contributed by atoms with Crippen molar-refractivity contribution in [1.29, 1.82) is 0 Å². The Morgan fingerprint density at radius 3 is 2.62 bits per heavy atom. The van der Waals surface area contributed by atoms with Crippen LogP contribution in [0.15, 0.2) is 23.1 Å². The molecule has 0 aliphatic carbocycles. The van der Waals surface area contributed by atoms with Crippen LogP contribution in [0.4, 0.5) is 0 Å². The molecule has 0 spiro atoms. The molecule has 2 N–H and O–H groups in total. The maximum absolute atomic E-state index is 12.8. The first-order chi connectivity index (χ1) is 9.73. The van der Waals surface area contributed by atoms with Crippen LogP contribution in [-0.4, -0.2) is 30.3 Å². The standard InChI is InChI=1S/C14H19ClN2O2S2/c1-9-3-4-10(2)17(8-9)21(18,19)13-6-5-11(14(16)20)7-12(13)15/h5-7,9-10H,3-4,8H2,1-2H3,(H2,16,20).